The van der Waals surface area contributed by atoms with E-state index in [2.05, 4.69) is 6.92 Å². The lowest BCUT2D eigenvalue weighted by Gasteiger charge is -2.40. The lowest BCUT2D eigenvalue weighted by Crippen LogP contribution is -2.58. The summed E-state index contributed by atoms with van der Waals surface area (Å²) in [5, 5.41) is 0. The van der Waals surface area contributed by atoms with E-state index in [0.29, 0.717) is 13.1 Å². The SMILES string of the molecule is CCCCN(C)C(=O)C1CCN(C(=O)C2(N)CCCCC2)CC1. The molecule has 0 radical (unpaired) electrons. The summed E-state index contributed by atoms with van der Waals surface area (Å²) >= 11 is 0. The van der Waals surface area contributed by atoms with Gasteiger partial charge in [0.25, 0.3) is 0 Å². The second kappa shape index (κ2) is 8.13. The number of carbonyl (C=O) groups is 2. The number of rotatable bonds is 5. The summed E-state index contributed by atoms with van der Waals surface area (Å²) < 4.78 is 0. The number of unbranched alkanes of at least 4 members (excludes halogenated alkanes) is 1. The normalized spacial score (nSPS) is 22.0. The highest BCUT2D eigenvalue weighted by Gasteiger charge is 2.40. The van der Waals surface area contributed by atoms with E-state index in [1.165, 1.54) is 6.42 Å². The molecule has 1 heterocycles. The van der Waals surface area contributed by atoms with Crippen molar-refractivity contribution in [3.05, 3.63) is 0 Å². The zero-order valence-electron chi connectivity index (χ0n) is 14.9. The van der Waals surface area contributed by atoms with Crippen LogP contribution in [0.2, 0.25) is 0 Å². The zero-order chi connectivity index (χ0) is 16.9. The van der Waals surface area contributed by atoms with Crippen LogP contribution in [0.15, 0.2) is 0 Å². The Balaban J connectivity index is 1.83. The van der Waals surface area contributed by atoms with Gasteiger partial charge in [-0.25, -0.2) is 0 Å². The summed E-state index contributed by atoms with van der Waals surface area (Å²) in [4.78, 5) is 28.9. The van der Waals surface area contributed by atoms with E-state index in [4.69, 9.17) is 5.73 Å². The molecule has 2 aliphatic rings. The van der Waals surface area contributed by atoms with E-state index < -0.39 is 5.54 Å². The maximum Gasteiger partial charge on any atom is 0.242 e. The summed E-state index contributed by atoms with van der Waals surface area (Å²) in [6.45, 7) is 4.32. The average Bonchev–Trinajstić information content (AvgIpc) is 2.59. The van der Waals surface area contributed by atoms with E-state index in [9.17, 15) is 9.59 Å². The zero-order valence-corrected chi connectivity index (χ0v) is 14.9. The summed E-state index contributed by atoms with van der Waals surface area (Å²) in [5.74, 6) is 0.425. The maximum atomic E-state index is 12.7. The second-order valence-electron chi connectivity index (χ2n) is 7.40. The lowest BCUT2D eigenvalue weighted by atomic mass is 9.81. The van der Waals surface area contributed by atoms with Crippen LogP contribution in [0.4, 0.5) is 0 Å². The summed E-state index contributed by atoms with van der Waals surface area (Å²) in [7, 11) is 1.90. The molecule has 0 unspecified atom stereocenters. The van der Waals surface area contributed by atoms with Crippen LogP contribution in [0.3, 0.4) is 0 Å². The van der Waals surface area contributed by atoms with Crippen LogP contribution in [-0.2, 0) is 9.59 Å². The third kappa shape index (κ3) is 4.46. The molecule has 1 saturated heterocycles. The van der Waals surface area contributed by atoms with Crippen molar-refractivity contribution in [1.82, 2.24) is 9.80 Å². The molecule has 2 fully saturated rings. The fourth-order valence-electron chi connectivity index (χ4n) is 3.86. The van der Waals surface area contributed by atoms with Gasteiger partial charge in [-0.1, -0.05) is 32.6 Å². The van der Waals surface area contributed by atoms with Gasteiger partial charge in [0.15, 0.2) is 0 Å². The number of carbonyl (C=O) groups excluding carboxylic acids is 2. The molecular weight excluding hydrogens is 290 g/mol. The van der Waals surface area contributed by atoms with E-state index in [1.807, 2.05) is 16.8 Å². The van der Waals surface area contributed by atoms with E-state index in [1.54, 1.807) is 0 Å². The molecule has 0 aromatic carbocycles. The quantitative estimate of drug-likeness (QED) is 0.843. The van der Waals surface area contributed by atoms with E-state index >= 15 is 0 Å². The third-order valence-corrected chi connectivity index (χ3v) is 5.53. The molecule has 1 aliphatic heterocycles. The summed E-state index contributed by atoms with van der Waals surface area (Å²) in [5.41, 5.74) is 5.72. The lowest BCUT2D eigenvalue weighted by molar-refractivity contribution is -0.143. The van der Waals surface area contributed by atoms with Crippen LogP contribution < -0.4 is 5.73 Å². The molecule has 132 valence electrons. The molecule has 2 amide bonds. The van der Waals surface area contributed by atoms with Gasteiger partial charge in [-0.15, -0.1) is 0 Å². The fourth-order valence-corrected chi connectivity index (χ4v) is 3.86. The Kier molecular flexibility index (Phi) is 6.45. The van der Waals surface area contributed by atoms with Crippen LogP contribution in [-0.4, -0.2) is 53.8 Å². The van der Waals surface area contributed by atoms with Gasteiger partial charge >= 0.3 is 0 Å². The Hall–Kier alpha value is -1.10. The van der Waals surface area contributed by atoms with Gasteiger partial charge in [0.05, 0.1) is 5.54 Å². The van der Waals surface area contributed by atoms with Crippen molar-refractivity contribution in [2.75, 3.05) is 26.7 Å². The fraction of sp³-hybridized carbons (Fsp3) is 0.889. The average molecular weight is 323 g/mol. The van der Waals surface area contributed by atoms with Gasteiger partial charge in [-0.3, -0.25) is 9.59 Å². The molecule has 0 aromatic heterocycles. The predicted octanol–water partition coefficient (Wildman–Crippen LogP) is 2.15. The minimum atomic E-state index is -0.646. The first-order valence-corrected chi connectivity index (χ1v) is 9.31. The molecular formula is C18H33N3O2. The van der Waals surface area contributed by atoms with Gasteiger partial charge in [0.2, 0.25) is 11.8 Å². The molecule has 5 nitrogen and oxygen atoms in total. The first-order chi connectivity index (χ1) is 11.0. The number of amides is 2. The van der Waals surface area contributed by atoms with Crippen molar-refractivity contribution in [1.29, 1.82) is 0 Å². The van der Waals surface area contributed by atoms with E-state index in [0.717, 1.165) is 57.9 Å². The molecule has 23 heavy (non-hydrogen) atoms. The molecule has 1 aliphatic carbocycles. The van der Waals surface area contributed by atoms with Crippen LogP contribution in [0.1, 0.15) is 64.7 Å². The van der Waals surface area contributed by atoms with Gasteiger partial charge in [0.1, 0.15) is 0 Å². The molecule has 0 aromatic rings. The molecule has 2 N–H and O–H groups in total. The third-order valence-electron chi connectivity index (χ3n) is 5.53. The topological polar surface area (TPSA) is 66.6 Å². The van der Waals surface area contributed by atoms with Gasteiger partial charge < -0.3 is 15.5 Å². The van der Waals surface area contributed by atoms with Crippen molar-refractivity contribution in [2.45, 2.75) is 70.3 Å². The van der Waals surface area contributed by atoms with Gasteiger partial charge in [-0.2, -0.15) is 0 Å². The smallest absolute Gasteiger partial charge is 0.242 e. The Bertz CT molecular complexity index is 410. The minimum absolute atomic E-state index is 0.0704. The molecule has 0 spiro atoms. The first kappa shape index (κ1) is 18.2. The number of likely N-dealkylation sites (tertiary alicyclic amines) is 1. The maximum absolute atomic E-state index is 12.7. The summed E-state index contributed by atoms with van der Waals surface area (Å²) in [6.07, 6.45) is 8.62. The number of hydrogen-bond donors (Lipinski definition) is 1. The first-order valence-electron chi connectivity index (χ1n) is 9.31. The largest absolute Gasteiger partial charge is 0.346 e. The van der Waals surface area contributed by atoms with E-state index in [-0.39, 0.29) is 17.7 Å². The Morgan fingerprint density at radius 2 is 1.78 bits per heavy atom. The Morgan fingerprint density at radius 3 is 2.35 bits per heavy atom. The monoisotopic (exact) mass is 323 g/mol. The van der Waals surface area contributed by atoms with Gasteiger partial charge in [0, 0.05) is 32.6 Å². The van der Waals surface area contributed by atoms with Crippen LogP contribution in [0, 0.1) is 5.92 Å². The molecule has 5 heteroatoms. The van der Waals surface area contributed by atoms with Crippen molar-refractivity contribution in [3.63, 3.8) is 0 Å². The van der Waals surface area contributed by atoms with Crippen molar-refractivity contribution in [2.24, 2.45) is 11.7 Å². The van der Waals surface area contributed by atoms with Crippen molar-refractivity contribution in [3.8, 4) is 0 Å². The Morgan fingerprint density at radius 1 is 1.17 bits per heavy atom. The standard InChI is InChI=1S/C18H33N3O2/c1-3-4-12-20(2)16(22)15-8-13-21(14-9-15)17(23)18(19)10-6-5-7-11-18/h15H,3-14,19H2,1-2H3. The molecule has 0 bridgehead atoms. The number of piperidine rings is 1. The van der Waals surface area contributed by atoms with Crippen LogP contribution >= 0.6 is 0 Å². The molecule has 0 atom stereocenters. The predicted molar refractivity (Wildman–Crippen MR) is 91.9 cm³/mol. The summed E-state index contributed by atoms with van der Waals surface area (Å²) in [6, 6.07) is 0. The van der Waals surface area contributed by atoms with Crippen LogP contribution in [0.25, 0.3) is 0 Å². The number of hydrogen-bond acceptors (Lipinski definition) is 3. The highest BCUT2D eigenvalue weighted by atomic mass is 16.2. The minimum Gasteiger partial charge on any atom is -0.346 e. The highest BCUT2D eigenvalue weighted by Crippen LogP contribution is 2.29. The molecule has 2 rings (SSSR count). The van der Waals surface area contributed by atoms with Crippen LogP contribution in [0.5, 0.6) is 0 Å². The Labute approximate surface area is 140 Å². The van der Waals surface area contributed by atoms with Crippen molar-refractivity contribution >= 4 is 11.8 Å². The second-order valence-corrected chi connectivity index (χ2v) is 7.40. The molecule has 1 saturated carbocycles. The highest BCUT2D eigenvalue weighted by molar-refractivity contribution is 5.86. The van der Waals surface area contributed by atoms with Crippen molar-refractivity contribution < 1.29 is 9.59 Å². The number of nitrogens with two attached hydrogens (primary N) is 1. The number of nitrogens with zero attached hydrogens (tertiary/aromatic N) is 2. The van der Waals surface area contributed by atoms with Gasteiger partial charge in [-0.05, 0) is 32.1 Å².